The molecule has 0 amide bonds. The molecular formula is C28H24ClF6N5O4. The van der Waals surface area contributed by atoms with E-state index in [4.69, 9.17) is 26.7 Å². The van der Waals surface area contributed by atoms with Gasteiger partial charge in [0, 0.05) is 25.6 Å². The number of carbonyl (C=O) groups is 2. The number of morpholine rings is 1. The molecule has 1 aliphatic heterocycles. The normalized spacial score (nSPS) is 14.7. The number of ketones is 2. The molecule has 16 heteroatoms. The molecule has 0 spiro atoms. The smallest absolute Gasteiger partial charge is 0.378 e. The van der Waals surface area contributed by atoms with Crippen LogP contribution in [0.25, 0.3) is 11.3 Å². The topological polar surface area (TPSA) is 114 Å². The fourth-order valence-corrected chi connectivity index (χ4v) is 4.79. The van der Waals surface area contributed by atoms with Gasteiger partial charge in [-0.1, -0.05) is 35.0 Å². The van der Waals surface area contributed by atoms with Crippen molar-refractivity contribution in [2.24, 2.45) is 10.8 Å². The summed E-state index contributed by atoms with van der Waals surface area (Å²) in [4.78, 5) is 32.0. The number of nitrogens with two attached hydrogens (primary N) is 1. The SMILES string of the molecule is C=N/C(C(=O)c1c(-c2ccccc2Cl)noc1C(C)=O)=C(\N(N)Cc1cc(C(F)(F)F)cc(C(F)(F)F)c1)N1CCOCC1. The monoisotopic (exact) mass is 643 g/mol. The zero-order valence-electron chi connectivity index (χ0n) is 22.9. The molecular weight excluding hydrogens is 620 g/mol. The van der Waals surface area contributed by atoms with Gasteiger partial charge in [-0.2, -0.15) is 26.3 Å². The molecule has 0 bridgehead atoms. The number of hydrogen-bond acceptors (Lipinski definition) is 9. The van der Waals surface area contributed by atoms with Crippen LogP contribution in [-0.2, 0) is 23.6 Å². The van der Waals surface area contributed by atoms with Crippen LogP contribution in [0.1, 0.15) is 44.5 Å². The van der Waals surface area contributed by atoms with E-state index in [0.717, 1.165) is 11.9 Å². The molecule has 9 nitrogen and oxygen atoms in total. The number of rotatable bonds is 9. The lowest BCUT2D eigenvalue weighted by molar-refractivity contribution is -0.143. The molecule has 1 aromatic heterocycles. The number of Topliss-reactive ketones (excluding diaryl/α,β-unsaturated/α-hetero) is 2. The van der Waals surface area contributed by atoms with Crippen molar-refractivity contribution in [1.29, 1.82) is 0 Å². The van der Waals surface area contributed by atoms with Crippen molar-refractivity contribution in [3.05, 3.63) is 87.0 Å². The van der Waals surface area contributed by atoms with E-state index in [2.05, 4.69) is 16.9 Å². The van der Waals surface area contributed by atoms with Gasteiger partial charge in [-0.15, -0.1) is 0 Å². The summed E-state index contributed by atoms with van der Waals surface area (Å²) in [6, 6.07) is 7.31. The van der Waals surface area contributed by atoms with E-state index < -0.39 is 58.6 Å². The summed E-state index contributed by atoms with van der Waals surface area (Å²) in [5, 5.41) is 4.84. The second-order valence-corrected chi connectivity index (χ2v) is 9.98. The Kier molecular flexibility index (Phi) is 9.51. The molecule has 1 aliphatic rings. The molecule has 2 heterocycles. The molecule has 2 N–H and O–H groups in total. The zero-order valence-corrected chi connectivity index (χ0v) is 23.7. The van der Waals surface area contributed by atoms with Gasteiger partial charge in [0.2, 0.25) is 11.5 Å². The fraction of sp³-hybridized carbons (Fsp3) is 0.286. The van der Waals surface area contributed by atoms with Crippen LogP contribution in [0.2, 0.25) is 5.02 Å². The summed E-state index contributed by atoms with van der Waals surface area (Å²) in [7, 11) is 0. The second-order valence-electron chi connectivity index (χ2n) is 9.57. The highest BCUT2D eigenvalue weighted by atomic mass is 35.5. The number of halogens is 7. The fourth-order valence-electron chi connectivity index (χ4n) is 4.57. The van der Waals surface area contributed by atoms with Gasteiger partial charge in [-0.3, -0.25) is 19.6 Å². The van der Waals surface area contributed by atoms with Crippen LogP contribution in [0.4, 0.5) is 26.3 Å². The van der Waals surface area contributed by atoms with Crippen LogP contribution in [-0.4, -0.2) is 59.7 Å². The standard InChI is InChI=1S/C28H24ClF6N5O4/c1-15(41)25-21(22(38-44-25)19-5-3-4-6-20(19)29)24(42)23(37-2)26(39-7-9-43-10-8-39)40(36)14-16-11-17(27(30,31)32)13-18(12-16)28(33,34)35/h3-6,11-13H,2,7-10,14,36H2,1H3/b26-23-. The Morgan fingerprint density at radius 3 is 2.18 bits per heavy atom. The maximum atomic E-state index is 14.2. The summed E-state index contributed by atoms with van der Waals surface area (Å²) in [5.74, 6) is 4.03. The lowest BCUT2D eigenvalue weighted by atomic mass is 9.99. The first kappa shape index (κ1) is 32.7. The summed E-state index contributed by atoms with van der Waals surface area (Å²) in [5.41, 5.74) is -4.22. The van der Waals surface area contributed by atoms with Crippen LogP contribution in [0.3, 0.4) is 0 Å². The molecule has 0 unspecified atom stereocenters. The lowest BCUT2D eigenvalue weighted by Crippen LogP contribution is -2.45. The summed E-state index contributed by atoms with van der Waals surface area (Å²) < 4.78 is 91.6. The first-order valence-corrected chi connectivity index (χ1v) is 13.2. The Hall–Kier alpha value is -4.21. The van der Waals surface area contributed by atoms with Crippen LogP contribution >= 0.6 is 11.6 Å². The number of nitrogens with zero attached hydrogens (tertiary/aromatic N) is 4. The molecule has 44 heavy (non-hydrogen) atoms. The predicted molar refractivity (Wildman–Crippen MR) is 146 cm³/mol. The molecule has 0 radical (unpaired) electrons. The van der Waals surface area contributed by atoms with Crippen molar-refractivity contribution < 1.29 is 45.2 Å². The van der Waals surface area contributed by atoms with E-state index >= 15 is 0 Å². The highest BCUT2D eigenvalue weighted by molar-refractivity contribution is 6.33. The Labute approximate surface area is 251 Å². The van der Waals surface area contributed by atoms with Gasteiger partial charge in [0.25, 0.3) is 0 Å². The molecule has 3 aromatic rings. The van der Waals surface area contributed by atoms with Gasteiger partial charge < -0.3 is 14.2 Å². The average Bonchev–Trinajstić information content (AvgIpc) is 3.40. The van der Waals surface area contributed by atoms with Gasteiger partial charge >= 0.3 is 12.4 Å². The number of aliphatic imine (C=N–C) groups is 1. The Balaban J connectivity index is 1.89. The Morgan fingerprint density at radius 2 is 1.66 bits per heavy atom. The first-order chi connectivity index (χ1) is 20.6. The largest absolute Gasteiger partial charge is 0.416 e. The number of alkyl halides is 6. The van der Waals surface area contributed by atoms with Gasteiger partial charge in [-0.05, 0) is 36.5 Å². The van der Waals surface area contributed by atoms with E-state index in [1.807, 2.05) is 0 Å². The highest BCUT2D eigenvalue weighted by Crippen LogP contribution is 2.37. The van der Waals surface area contributed by atoms with E-state index in [9.17, 15) is 35.9 Å². The third-order valence-electron chi connectivity index (χ3n) is 6.54. The number of hydrazine groups is 1. The van der Waals surface area contributed by atoms with Crippen molar-refractivity contribution in [3.63, 3.8) is 0 Å². The molecule has 1 fully saturated rings. The van der Waals surface area contributed by atoms with Crippen LogP contribution < -0.4 is 5.84 Å². The Morgan fingerprint density at radius 1 is 1.07 bits per heavy atom. The van der Waals surface area contributed by atoms with Gasteiger partial charge in [0.05, 0.1) is 35.9 Å². The van der Waals surface area contributed by atoms with Gasteiger partial charge in [0.1, 0.15) is 17.1 Å². The first-order valence-electron chi connectivity index (χ1n) is 12.8. The minimum absolute atomic E-state index is 0.00519. The minimum Gasteiger partial charge on any atom is -0.378 e. The average molecular weight is 644 g/mol. The minimum atomic E-state index is -5.09. The lowest BCUT2D eigenvalue weighted by Gasteiger charge is -2.36. The van der Waals surface area contributed by atoms with Crippen LogP contribution in [0, 0.1) is 0 Å². The van der Waals surface area contributed by atoms with Gasteiger partial charge in [0.15, 0.2) is 11.5 Å². The number of allylic oxidation sites excluding steroid dienone is 1. The zero-order chi connectivity index (χ0) is 32.4. The van der Waals surface area contributed by atoms with Crippen molar-refractivity contribution in [3.8, 4) is 11.3 Å². The van der Waals surface area contributed by atoms with Crippen molar-refractivity contribution >= 4 is 29.9 Å². The predicted octanol–water partition coefficient (Wildman–Crippen LogP) is 6.00. The van der Waals surface area contributed by atoms with E-state index in [1.165, 1.54) is 17.0 Å². The number of ether oxygens (including phenoxy) is 1. The molecule has 2 aromatic carbocycles. The molecule has 1 saturated heterocycles. The molecule has 0 saturated carbocycles. The number of benzene rings is 2. The van der Waals surface area contributed by atoms with Crippen molar-refractivity contribution in [2.45, 2.75) is 25.8 Å². The van der Waals surface area contributed by atoms with Crippen molar-refractivity contribution in [2.75, 3.05) is 26.3 Å². The van der Waals surface area contributed by atoms with E-state index in [0.29, 0.717) is 12.1 Å². The summed E-state index contributed by atoms with van der Waals surface area (Å²) >= 11 is 6.32. The number of aromatic nitrogens is 1. The maximum absolute atomic E-state index is 14.2. The number of hydrogen-bond donors (Lipinski definition) is 1. The van der Waals surface area contributed by atoms with E-state index in [1.54, 1.807) is 12.1 Å². The van der Waals surface area contributed by atoms with Crippen molar-refractivity contribution in [1.82, 2.24) is 15.1 Å². The Bertz CT molecular complexity index is 1580. The van der Waals surface area contributed by atoms with Crippen LogP contribution in [0.5, 0.6) is 0 Å². The quantitative estimate of drug-likeness (QED) is 0.0755. The number of carbonyl (C=O) groups excluding carboxylic acids is 2. The maximum Gasteiger partial charge on any atom is 0.416 e. The third-order valence-corrected chi connectivity index (χ3v) is 6.87. The van der Waals surface area contributed by atoms with E-state index in [-0.39, 0.29) is 60.0 Å². The molecule has 234 valence electrons. The molecule has 0 atom stereocenters. The second kappa shape index (κ2) is 12.8. The highest BCUT2D eigenvalue weighted by Gasteiger charge is 2.38. The van der Waals surface area contributed by atoms with Gasteiger partial charge in [-0.25, -0.2) is 5.84 Å². The molecule has 0 aliphatic carbocycles. The summed E-state index contributed by atoms with van der Waals surface area (Å²) in [6.45, 7) is 4.40. The third kappa shape index (κ3) is 6.95. The summed E-state index contributed by atoms with van der Waals surface area (Å²) in [6.07, 6.45) is -10.2. The molecule has 4 rings (SSSR count). The van der Waals surface area contributed by atoms with Crippen LogP contribution in [0.15, 0.2) is 63.5 Å².